The molecular weight excluding hydrogens is 680 g/mol. The zero-order valence-corrected chi connectivity index (χ0v) is 30.8. The fourth-order valence-corrected chi connectivity index (χ4v) is 6.56. The van der Waals surface area contributed by atoms with E-state index in [1.807, 2.05) is 146 Å². The Balaban J connectivity index is 1.26. The molecule has 8 nitrogen and oxygen atoms in total. The van der Waals surface area contributed by atoms with Crippen molar-refractivity contribution in [1.82, 2.24) is 0 Å². The molecule has 1 aliphatic heterocycles. The number of hydrogen-bond acceptors (Lipinski definition) is 8. The van der Waals surface area contributed by atoms with Gasteiger partial charge in [-0.3, -0.25) is 0 Å². The molecule has 1 heterocycles. The van der Waals surface area contributed by atoms with Gasteiger partial charge in [-0.2, -0.15) is 0 Å². The van der Waals surface area contributed by atoms with Crippen molar-refractivity contribution in [1.29, 1.82) is 0 Å². The molecule has 0 aliphatic carbocycles. The molecule has 1 aliphatic rings. The maximum Gasteiger partial charge on any atom is 0.148 e. The lowest BCUT2D eigenvalue weighted by atomic mass is 9.91. The van der Waals surface area contributed by atoms with Gasteiger partial charge >= 0.3 is 0 Å². The molecule has 282 valence electrons. The first kappa shape index (κ1) is 39.0. The van der Waals surface area contributed by atoms with Gasteiger partial charge in [0.15, 0.2) is 0 Å². The van der Waals surface area contributed by atoms with E-state index in [1.54, 1.807) is 7.11 Å². The first-order valence-corrected chi connectivity index (χ1v) is 18.6. The second-order valence-corrected chi connectivity index (χ2v) is 13.4. The van der Waals surface area contributed by atoms with Gasteiger partial charge in [-0.1, -0.05) is 133 Å². The normalized spacial score (nSPS) is 20.3. The van der Waals surface area contributed by atoms with Gasteiger partial charge in [-0.15, -0.1) is 0 Å². The van der Waals surface area contributed by atoms with Gasteiger partial charge < -0.3 is 38.0 Å². The maximum atomic E-state index is 12.3. The minimum Gasteiger partial charge on any atom is -0.497 e. The summed E-state index contributed by atoms with van der Waals surface area (Å²) in [6, 6.07) is 47.9. The summed E-state index contributed by atoms with van der Waals surface area (Å²) >= 11 is 0. The zero-order chi connectivity index (χ0) is 37.2. The highest BCUT2D eigenvalue weighted by Crippen LogP contribution is 2.33. The predicted molar refractivity (Wildman–Crippen MR) is 207 cm³/mol. The minimum absolute atomic E-state index is 0.270. The molecule has 0 saturated carbocycles. The van der Waals surface area contributed by atoms with Gasteiger partial charge in [0.25, 0.3) is 0 Å². The first-order chi connectivity index (χ1) is 26.7. The van der Waals surface area contributed by atoms with Crippen LogP contribution in [0.5, 0.6) is 5.75 Å². The van der Waals surface area contributed by atoms with E-state index in [1.165, 1.54) is 0 Å². The fraction of sp³-hybridized carbons (Fsp3) is 0.326. The molecular formula is C46H50O8. The standard InChI is InChI=1S/C46H50O8/c1-48-40-24-22-39(23-25-40)30-50-41(28-47)26-27-42-44(51-31-36-16-8-3-9-17-36)46(53-33-38-20-12-5-13-21-38)45(52-32-37-18-10-4-11-19-37)43(54-42)34-49-29-35-14-6-2-7-15-35/h2-25,28,41-46H,26-27,29-34H2,1H3/t41?,42-,43+,44-,45-,46+/m0/s1. The largest absolute Gasteiger partial charge is 0.497 e. The number of ether oxygens (including phenoxy) is 7. The lowest BCUT2D eigenvalue weighted by molar-refractivity contribution is -0.274. The Kier molecular flexibility index (Phi) is 15.4. The third-order valence-corrected chi connectivity index (χ3v) is 9.49. The van der Waals surface area contributed by atoms with Crippen molar-refractivity contribution in [3.63, 3.8) is 0 Å². The van der Waals surface area contributed by atoms with Crippen LogP contribution in [-0.4, -0.2) is 56.6 Å². The van der Waals surface area contributed by atoms with Crippen molar-refractivity contribution in [3.05, 3.63) is 173 Å². The molecule has 0 amide bonds. The van der Waals surface area contributed by atoms with Crippen molar-refractivity contribution in [2.75, 3.05) is 13.7 Å². The second kappa shape index (κ2) is 21.3. The van der Waals surface area contributed by atoms with Crippen LogP contribution in [0.15, 0.2) is 146 Å². The molecule has 1 fully saturated rings. The van der Waals surface area contributed by atoms with Crippen molar-refractivity contribution in [3.8, 4) is 5.75 Å². The zero-order valence-electron chi connectivity index (χ0n) is 30.8. The summed E-state index contributed by atoms with van der Waals surface area (Å²) in [6.45, 7) is 2.05. The second-order valence-electron chi connectivity index (χ2n) is 13.4. The van der Waals surface area contributed by atoms with Crippen LogP contribution in [0.4, 0.5) is 0 Å². The third kappa shape index (κ3) is 11.9. The monoisotopic (exact) mass is 730 g/mol. The molecule has 0 aromatic heterocycles. The summed E-state index contributed by atoms with van der Waals surface area (Å²) in [5.74, 6) is 0.763. The Labute approximate surface area is 318 Å². The Morgan fingerprint density at radius 1 is 0.537 bits per heavy atom. The lowest BCUT2D eigenvalue weighted by Gasteiger charge is -2.46. The van der Waals surface area contributed by atoms with E-state index in [4.69, 9.17) is 33.2 Å². The van der Waals surface area contributed by atoms with Crippen molar-refractivity contribution in [2.45, 2.75) is 82.5 Å². The molecule has 0 bridgehead atoms. The number of rotatable bonds is 21. The maximum absolute atomic E-state index is 12.3. The van der Waals surface area contributed by atoms with Crippen LogP contribution in [0.1, 0.15) is 40.7 Å². The van der Waals surface area contributed by atoms with E-state index in [0.29, 0.717) is 45.9 Å². The third-order valence-electron chi connectivity index (χ3n) is 9.49. The van der Waals surface area contributed by atoms with Gasteiger partial charge in [0.05, 0.1) is 52.9 Å². The van der Waals surface area contributed by atoms with Crippen molar-refractivity contribution in [2.24, 2.45) is 0 Å². The molecule has 1 saturated heterocycles. The Morgan fingerprint density at radius 3 is 1.46 bits per heavy atom. The van der Waals surface area contributed by atoms with Crippen LogP contribution in [0, 0.1) is 0 Å². The molecule has 5 aromatic rings. The summed E-state index contributed by atoms with van der Waals surface area (Å²) in [5.41, 5.74) is 5.12. The summed E-state index contributed by atoms with van der Waals surface area (Å²) in [4.78, 5) is 12.3. The average molecular weight is 731 g/mol. The summed E-state index contributed by atoms with van der Waals surface area (Å²) in [5, 5.41) is 0. The molecule has 8 heteroatoms. The molecule has 5 aromatic carbocycles. The van der Waals surface area contributed by atoms with Crippen LogP contribution in [0.2, 0.25) is 0 Å². The van der Waals surface area contributed by atoms with E-state index in [-0.39, 0.29) is 6.61 Å². The average Bonchev–Trinajstić information content (AvgIpc) is 3.23. The number of aldehydes is 1. The Hall–Kier alpha value is -4.67. The van der Waals surface area contributed by atoms with Crippen LogP contribution in [-0.2, 0) is 66.3 Å². The van der Waals surface area contributed by atoms with Crippen LogP contribution in [0.3, 0.4) is 0 Å². The number of methoxy groups -OCH3 is 1. The van der Waals surface area contributed by atoms with Gasteiger partial charge in [0, 0.05) is 0 Å². The molecule has 6 rings (SSSR count). The lowest BCUT2D eigenvalue weighted by Crippen LogP contribution is -2.61. The van der Waals surface area contributed by atoms with Crippen LogP contribution >= 0.6 is 0 Å². The highest BCUT2D eigenvalue weighted by atomic mass is 16.6. The summed E-state index contributed by atoms with van der Waals surface area (Å²) < 4.78 is 45.1. The van der Waals surface area contributed by atoms with Crippen LogP contribution in [0.25, 0.3) is 0 Å². The van der Waals surface area contributed by atoms with Crippen molar-refractivity contribution < 1.29 is 38.0 Å². The van der Waals surface area contributed by atoms with Gasteiger partial charge in [0.1, 0.15) is 42.6 Å². The van der Waals surface area contributed by atoms with E-state index in [9.17, 15) is 4.79 Å². The topological polar surface area (TPSA) is 81.7 Å². The molecule has 0 N–H and O–H groups in total. The summed E-state index contributed by atoms with van der Waals surface area (Å²) in [7, 11) is 1.63. The molecule has 6 atom stereocenters. The quantitative estimate of drug-likeness (QED) is 0.0698. The summed E-state index contributed by atoms with van der Waals surface area (Å²) in [6.07, 6.45) is -1.42. The molecule has 0 radical (unpaired) electrons. The van der Waals surface area contributed by atoms with Crippen molar-refractivity contribution >= 4 is 6.29 Å². The Morgan fingerprint density at radius 2 is 0.981 bits per heavy atom. The van der Waals surface area contributed by atoms with E-state index in [2.05, 4.69) is 0 Å². The van der Waals surface area contributed by atoms with E-state index >= 15 is 0 Å². The smallest absolute Gasteiger partial charge is 0.148 e. The van der Waals surface area contributed by atoms with Gasteiger partial charge in [-0.25, -0.2) is 0 Å². The molecule has 1 unspecified atom stereocenters. The molecule has 0 spiro atoms. The number of hydrogen-bond donors (Lipinski definition) is 0. The Bertz CT molecular complexity index is 1760. The molecule has 54 heavy (non-hydrogen) atoms. The predicted octanol–water partition coefficient (Wildman–Crippen LogP) is 8.30. The SMILES string of the molecule is COc1ccc(COC(C=O)CC[C@@H]2O[C@H](COCc3ccccc3)[C@H](OCc3ccccc3)[C@H](OCc3ccccc3)[C@H]2OCc2ccccc2)cc1. The van der Waals surface area contributed by atoms with Gasteiger partial charge in [-0.05, 0) is 52.8 Å². The van der Waals surface area contributed by atoms with Gasteiger partial charge in [0.2, 0.25) is 0 Å². The number of carbonyl (C=O) groups excluding carboxylic acids is 1. The highest BCUT2D eigenvalue weighted by Gasteiger charge is 2.48. The van der Waals surface area contributed by atoms with E-state index < -0.39 is 36.6 Å². The number of benzene rings is 5. The fourth-order valence-electron chi connectivity index (χ4n) is 6.56. The first-order valence-electron chi connectivity index (χ1n) is 18.6. The van der Waals surface area contributed by atoms with Crippen LogP contribution < -0.4 is 4.74 Å². The minimum atomic E-state index is -0.644. The van der Waals surface area contributed by atoms with E-state index in [0.717, 1.165) is 39.9 Å². The number of carbonyl (C=O) groups is 1. The highest BCUT2D eigenvalue weighted by molar-refractivity contribution is 5.55.